The molecule has 1 aliphatic heterocycles. The van der Waals surface area contributed by atoms with Crippen molar-refractivity contribution in [2.24, 2.45) is 0 Å². The van der Waals surface area contributed by atoms with Crippen LogP contribution in [0.5, 0.6) is 0 Å². The molecule has 0 radical (unpaired) electrons. The lowest BCUT2D eigenvalue weighted by Gasteiger charge is -2.38. The Morgan fingerprint density at radius 3 is 2.80 bits per heavy atom. The number of rotatable bonds is 6. The molecular formula is C16H29N3O. The third kappa shape index (κ3) is 3.84. The van der Waals surface area contributed by atoms with Crippen molar-refractivity contribution in [1.29, 1.82) is 0 Å². The van der Waals surface area contributed by atoms with Gasteiger partial charge in [-0.25, -0.2) is 0 Å². The molecule has 4 heteroatoms. The van der Waals surface area contributed by atoms with Gasteiger partial charge in [0.25, 0.3) is 0 Å². The monoisotopic (exact) mass is 279 g/mol. The van der Waals surface area contributed by atoms with Crippen molar-refractivity contribution in [3.63, 3.8) is 0 Å². The molecule has 0 bridgehead atoms. The summed E-state index contributed by atoms with van der Waals surface area (Å²) < 4.78 is 5.91. The summed E-state index contributed by atoms with van der Waals surface area (Å²) in [4.78, 5) is 5.05. The van der Waals surface area contributed by atoms with Gasteiger partial charge in [-0.05, 0) is 33.0 Å². The summed E-state index contributed by atoms with van der Waals surface area (Å²) in [5, 5.41) is 3.36. The molecule has 4 nitrogen and oxygen atoms in total. The van der Waals surface area contributed by atoms with Gasteiger partial charge < -0.3 is 9.73 Å². The van der Waals surface area contributed by atoms with E-state index in [1.165, 1.54) is 12.1 Å². The summed E-state index contributed by atoms with van der Waals surface area (Å²) in [6, 6.07) is 2.86. The van der Waals surface area contributed by atoms with Crippen LogP contribution in [0.4, 0.5) is 0 Å². The van der Waals surface area contributed by atoms with Crippen LogP contribution in [-0.2, 0) is 13.1 Å². The molecule has 0 aliphatic carbocycles. The average Bonchev–Trinajstić information content (AvgIpc) is 2.76. The zero-order chi connectivity index (χ0) is 14.5. The molecule has 0 spiro atoms. The topological polar surface area (TPSA) is 31.6 Å². The third-order valence-electron chi connectivity index (χ3n) is 4.27. The number of furan rings is 1. The lowest BCUT2D eigenvalue weighted by atomic mass is 10.2. The molecule has 1 atom stereocenters. The van der Waals surface area contributed by atoms with E-state index < -0.39 is 0 Å². The van der Waals surface area contributed by atoms with Crippen LogP contribution in [0.3, 0.4) is 0 Å². The largest absolute Gasteiger partial charge is 0.465 e. The molecule has 0 amide bonds. The quantitative estimate of drug-likeness (QED) is 0.865. The van der Waals surface area contributed by atoms with Crippen molar-refractivity contribution in [2.45, 2.75) is 46.8 Å². The SMILES string of the molecule is CCNCc1cc(CN2CCN(CC)C(C)C2)oc1C. The average molecular weight is 279 g/mol. The molecule has 1 aliphatic rings. The van der Waals surface area contributed by atoms with Crippen molar-refractivity contribution in [3.05, 3.63) is 23.2 Å². The van der Waals surface area contributed by atoms with Gasteiger partial charge in [0, 0.05) is 37.8 Å². The molecular weight excluding hydrogens is 250 g/mol. The van der Waals surface area contributed by atoms with Gasteiger partial charge >= 0.3 is 0 Å². The van der Waals surface area contributed by atoms with E-state index in [0.717, 1.165) is 50.8 Å². The Labute approximate surface area is 123 Å². The Kier molecular flexibility index (Phi) is 5.64. The molecule has 114 valence electrons. The van der Waals surface area contributed by atoms with Crippen molar-refractivity contribution >= 4 is 0 Å². The summed E-state index contributed by atoms with van der Waals surface area (Å²) in [6.45, 7) is 16.2. The normalized spacial score (nSPS) is 21.5. The summed E-state index contributed by atoms with van der Waals surface area (Å²) in [5.41, 5.74) is 1.29. The van der Waals surface area contributed by atoms with E-state index in [9.17, 15) is 0 Å². The molecule has 1 fully saturated rings. The molecule has 1 aromatic heterocycles. The first-order chi connectivity index (χ1) is 9.63. The van der Waals surface area contributed by atoms with E-state index in [0.29, 0.717) is 6.04 Å². The first-order valence-corrected chi connectivity index (χ1v) is 7.89. The van der Waals surface area contributed by atoms with E-state index in [-0.39, 0.29) is 0 Å². The van der Waals surface area contributed by atoms with Crippen LogP contribution < -0.4 is 5.32 Å². The van der Waals surface area contributed by atoms with Gasteiger partial charge in [-0.3, -0.25) is 9.80 Å². The smallest absolute Gasteiger partial charge is 0.118 e. The summed E-state index contributed by atoms with van der Waals surface area (Å²) in [5.74, 6) is 2.16. The number of likely N-dealkylation sites (N-methyl/N-ethyl adjacent to an activating group) is 1. The standard InChI is InChI=1S/C16H29N3O/c1-5-17-10-15-9-16(20-14(15)4)12-18-7-8-19(6-2)13(3)11-18/h9,13,17H,5-8,10-12H2,1-4H3. The number of hydrogen-bond donors (Lipinski definition) is 1. The van der Waals surface area contributed by atoms with Crippen molar-refractivity contribution in [3.8, 4) is 0 Å². The van der Waals surface area contributed by atoms with Crippen molar-refractivity contribution in [1.82, 2.24) is 15.1 Å². The van der Waals surface area contributed by atoms with Crippen LogP contribution >= 0.6 is 0 Å². The van der Waals surface area contributed by atoms with Gasteiger partial charge in [0.2, 0.25) is 0 Å². The van der Waals surface area contributed by atoms with E-state index >= 15 is 0 Å². The Balaban J connectivity index is 1.90. The Hall–Kier alpha value is -0.840. The maximum Gasteiger partial charge on any atom is 0.118 e. The second-order valence-electron chi connectivity index (χ2n) is 5.79. The first kappa shape index (κ1) is 15.5. The second kappa shape index (κ2) is 7.25. The van der Waals surface area contributed by atoms with Gasteiger partial charge in [-0.1, -0.05) is 13.8 Å². The molecule has 1 saturated heterocycles. The molecule has 1 N–H and O–H groups in total. The van der Waals surface area contributed by atoms with Gasteiger partial charge in [0.1, 0.15) is 11.5 Å². The van der Waals surface area contributed by atoms with Gasteiger partial charge in [0.05, 0.1) is 6.54 Å². The summed E-state index contributed by atoms with van der Waals surface area (Å²) in [7, 11) is 0. The highest BCUT2D eigenvalue weighted by molar-refractivity contribution is 5.20. The van der Waals surface area contributed by atoms with Crippen LogP contribution in [0.25, 0.3) is 0 Å². The second-order valence-corrected chi connectivity index (χ2v) is 5.79. The number of aryl methyl sites for hydroxylation is 1. The maximum absolute atomic E-state index is 5.91. The zero-order valence-electron chi connectivity index (χ0n) is 13.4. The fourth-order valence-corrected chi connectivity index (χ4v) is 3.01. The Morgan fingerprint density at radius 2 is 2.15 bits per heavy atom. The Bertz CT molecular complexity index is 416. The number of nitrogens with one attached hydrogen (secondary N) is 1. The van der Waals surface area contributed by atoms with E-state index in [4.69, 9.17) is 4.42 Å². The Morgan fingerprint density at radius 1 is 1.35 bits per heavy atom. The molecule has 1 unspecified atom stereocenters. The predicted octanol–water partition coefficient (Wildman–Crippen LogP) is 2.22. The lowest BCUT2D eigenvalue weighted by Crippen LogP contribution is -2.51. The van der Waals surface area contributed by atoms with Crippen LogP contribution in [-0.4, -0.2) is 48.6 Å². The maximum atomic E-state index is 5.91. The van der Waals surface area contributed by atoms with Crippen LogP contribution in [0.1, 0.15) is 37.9 Å². The van der Waals surface area contributed by atoms with Crippen molar-refractivity contribution in [2.75, 3.05) is 32.7 Å². The third-order valence-corrected chi connectivity index (χ3v) is 4.27. The number of nitrogens with zero attached hydrogens (tertiary/aromatic N) is 2. The lowest BCUT2D eigenvalue weighted by molar-refractivity contribution is 0.0788. The fraction of sp³-hybridized carbons (Fsp3) is 0.750. The minimum atomic E-state index is 0.644. The van der Waals surface area contributed by atoms with Gasteiger partial charge in [-0.2, -0.15) is 0 Å². The summed E-state index contributed by atoms with van der Waals surface area (Å²) in [6.07, 6.45) is 0. The highest BCUT2D eigenvalue weighted by Crippen LogP contribution is 2.18. The fourth-order valence-electron chi connectivity index (χ4n) is 3.01. The first-order valence-electron chi connectivity index (χ1n) is 7.89. The van der Waals surface area contributed by atoms with Crippen molar-refractivity contribution < 1.29 is 4.42 Å². The summed E-state index contributed by atoms with van der Waals surface area (Å²) >= 11 is 0. The van der Waals surface area contributed by atoms with E-state index in [1.54, 1.807) is 0 Å². The van der Waals surface area contributed by atoms with Crippen LogP contribution in [0, 0.1) is 6.92 Å². The number of hydrogen-bond acceptors (Lipinski definition) is 4. The molecule has 0 aromatic carbocycles. The molecule has 2 rings (SSSR count). The zero-order valence-corrected chi connectivity index (χ0v) is 13.4. The van der Waals surface area contributed by atoms with Gasteiger partial charge in [0.15, 0.2) is 0 Å². The highest BCUT2D eigenvalue weighted by atomic mass is 16.3. The van der Waals surface area contributed by atoms with E-state index in [1.807, 2.05) is 0 Å². The molecule has 1 aromatic rings. The molecule has 0 saturated carbocycles. The molecule has 2 heterocycles. The minimum Gasteiger partial charge on any atom is -0.465 e. The highest BCUT2D eigenvalue weighted by Gasteiger charge is 2.23. The van der Waals surface area contributed by atoms with E-state index in [2.05, 4.69) is 48.9 Å². The minimum absolute atomic E-state index is 0.644. The molecule has 20 heavy (non-hydrogen) atoms. The predicted molar refractivity (Wildman–Crippen MR) is 82.8 cm³/mol. The van der Waals surface area contributed by atoms with Crippen LogP contribution in [0.2, 0.25) is 0 Å². The van der Waals surface area contributed by atoms with Gasteiger partial charge in [-0.15, -0.1) is 0 Å². The van der Waals surface area contributed by atoms with Crippen LogP contribution in [0.15, 0.2) is 10.5 Å². The number of piperazine rings is 1.